The van der Waals surface area contributed by atoms with Gasteiger partial charge in [-0.15, -0.1) is 0 Å². The molecule has 1 aliphatic carbocycles. The number of imidazole rings is 1. The van der Waals surface area contributed by atoms with Crippen molar-refractivity contribution in [3.63, 3.8) is 0 Å². The summed E-state index contributed by atoms with van der Waals surface area (Å²) in [6.07, 6.45) is 11.7. The van der Waals surface area contributed by atoms with Gasteiger partial charge >= 0.3 is 0 Å². The fourth-order valence-corrected chi connectivity index (χ4v) is 4.84. The minimum Gasteiger partial charge on any atom is -0.334 e. The Kier molecular flexibility index (Phi) is 3.03. The standard InChI is InChI=1S/C13H19N2P/c1-13(2,3)16(11-7-5-6-8-11)12-14-9-10-15(12)4/h5-7,9-10H,8H2,1-4H3. The van der Waals surface area contributed by atoms with Crippen LogP contribution in [0.5, 0.6) is 0 Å². The zero-order valence-corrected chi connectivity index (χ0v) is 11.3. The lowest BCUT2D eigenvalue weighted by atomic mass is 10.3. The predicted octanol–water partition coefficient (Wildman–Crippen LogP) is 3.17. The lowest BCUT2D eigenvalue weighted by Crippen LogP contribution is -2.25. The van der Waals surface area contributed by atoms with Crippen molar-refractivity contribution in [1.82, 2.24) is 9.55 Å². The van der Waals surface area contributed by atoms with Crippen molar-refractivity contribution in [1.29, 1.82) is 0 Å². The average molecular weight is 234 g/mol. The van der Waals surface area contributed by atoms with Gasteiger partial charge in [0.2, 0.25) is 0 Å². The van der Waals surface area contributed by atoms with Gasteiger partial charge in [0.15, 0.2) is 0 Å². The summed E-state index contributed by atoms with van der Waals surface area (Å²) in [4.78, 5) is 4.55. The second-order valence-electron chi connectivity index (χ2n) is 5.13. The van der Waals surface area contributed by atoms with Gasteiger partial charge in [-0.3, -0.25) is 0 Å². The molecule has 0 amide bonds. The Bertz CT molecular complexity index is 435. The first-order chi connectivity index (χ1) is 7.50. The van der Waals surface area contributed by atoms with E-state index in [2.05, 4.69) is 55.6 Å². The summed E-state index contributed by atoms with van der Waals surface area (Å²) in [6, 6.07) is 0. The molecule has 2 rings (SSSR count). The van der Waals surface area contributed by atoms with Crippen LogP contribution in [0.3, 0.4) is 0 Å². The molecule has 0 aromatic carbocycles. The molecule has 1 atom stereocenters. The van der Waals surface area contributed by atoms with Gasteiger partial charge in [-0.2, -0.15) is 0 Å². The van der Waals surface area contributed by atoms with Crippen molar-refractivity contribution in [2.24, 2.45) is 7.05 Å². The van der Waals surface area contributed by atoms with Crippen LogP contribution in [0, 0.1) is 0 Å². The number of aryl methyl sites for hydroxylation is 1. The molecule has 1 unspecified atom stereocenters. The number of rotatable bonds is 2. The van der Waals surface area contributed by atoms with Crippen LogP contribution in [0.2, 0.25) is 0 Å². The van der Waals surface area contributed by atoms with Crippen molar-refractivity contribution in [3.05, 3.63) is 35.9 Å². The largest absolute Gasteiger partial charge is 0.334 e. The maximum absolute atomic E-state index is 4.55. The lowest BCUT2D eigenvalue weighted by Gasteiger charge is -2.31. The highest BCUT2D eigenvalue weighted by Crippen LogP contribution is 2.56. The number of aromatic nitrogens is 2. The van der Waals surface area contributed by atoms with Gasteiger partial charge in [0.1, 0.15) is 5.57 Å². The maximum atomic E-state index is 4.55. The minimum absolute atomic E-state index is 0.270. The van der Waals surface area contributed by atoms with Crippen molar-refractivity contribution in [3.8, 4) is 0 Å². The van der Waals surface area contributed by atoms with Gasteiger partial charge < -0.3 is 4.57 Å². The van der Waals surface area contributed by atoms with Crippen molar-refractivity contribution in [2.45, 2.75) is 32.3 Å². The molecule has 86 valence electrons. The van der Waals surface area contributed by atoms with Crippen LogP contribution in [-0.2, 0) is 7.05 Å². The van der Waals surface area contributed by atoms with E-state index in [0.717, 1.165) is 6.42 Å². The summed E-state index contributed by atoms with van der Waals surface area (Å²) in [5.74, 6) is 0. The zero-order chi connectivity index (χ0) is 11.8. The Balaban J connectivity index is 2.40. The van der Waals surface area contributed by atoms with E-state index in [1.807, 2.05) is 12.4 Å². The van der Waals surface area contributed by atoms with Gasteiger partial charge in [-0.25, -0.2) is 4.98 Å². The Hall–Kier alpha value is -0.880. The molecule has 0 radical (unpaired) electrons. The number of nitrogens with zero attached hydrogens (tertiary/aromatic N) is 2. The third kappa shape index (κ3) is 2.12. The summed E-state index contributed by atoms with van der Waals surface area (Å²) >= 11 is 0. The first-order valence-corrected chi connectivity index (χ1v) is 6.97. The summed E-state index contributed by atoms with van der Waals surface area (Å²) < 4.78 is 2.16. The molecule has 3 heteroatoms. The van der Waals surface area contributed by atoms with Crippen molar-refractivity contribution >= 4 is 13.5 Å². The average Bonchev–Trinajstić information content (AvgIpc) is 2.77. The predicted molar refractivity (Wildman–Crippen MR) is 71.4 cm³/mol. The Morgan fingerprint density at radius 1 is 1.38 bits per heavy atom. The maximum Gasteiger partial charge on any atom is 0.135 e. The second kappa shape index (κ2) is 4.18. The highest BCUT2D eigenvalue weighted by molar-refractivity contribution is 7.70. The molecule has 1 heterocycles. The van der Waals surface area contributed by atoms with E-state index in [4.69, 9.17) is 0 Å². The second-order valence-corrected chi connectivity index (χ2v) is 8.12. The van der Waals surface area contributed by atoms with E-state index < -0.39 is 0 Å². The highest BCUT2D eigenvalue weighted by Gasteiger charge is 2.32. The van der Waals surface area contributed by atoms with Gasteiger partial charge in [0.05, 0.1) is 0 Å². The van der Waals surface area contributed by atoms with Gasteiger partial charge in [0, 0.05) is 19.4 Å². The SMILES string of the molecule is Cn1ccnc1P(C1=CC=CC1)C(C)(C)C. The fraction of sp³-hybridized carbons (Fsp3) is 0.462. The van der Waals surface area contributed by atoms with Crippen LogP contribution >= 0.6 is 7.92 Å². The molecule has 0 N–H and O–H groups in total. The molecule has 0 fully saturated rings. The van der Waals surface area contributed by atoms with Crippen LogP contribution in [0.25, 0.3) is 0 Å². The van der Waals surface area contributed by atoms with E-state index >= 15 is 0 Å². The molecular formula is C13H19N2P. The summed E-state index contributed by atoms with van der Waals surface area (Å²) in [5.41, 5.74) is 1.23. The Morgan fingerprint density at radius 2 is 2.12 bits per heavy atom. The van der Waals surface area contributed by atoms with E-state index in [1.165, 1.54) is 10.9 Å². The van der Waals surface area contributed by atoms with E-state index in [1.54, 1.807) is 0 Å². The normalized spacial score (nSPS) is 17.6. The molecule has 0 aliphatic heterocycles. The molecule has 2 nitrogen and oxygen atoms in total. The van der Waals surface area contributed by atoms with Gasteiger partial charge in [-0.05, 0) is 24.8 Å². The monoisotopic (exact) mass is 234 g/mol. The summed E-state index contributed by atoms with van der Waals surface area (Å²) in [6.45, 7) is 6.94. The number of hydrogen-bond acceptors (Lipinski definition) is 1. The molecule has 0 spiro atoms. The minimum atomic E-state index is -0.331. The lowest BCUT2D eigenvalue weighted by molar-refractivity contribution is 0.785. The third-order valence-corrected chi connectivity index (χ3v) is 5.78. The zero-order valence-electron chi connectivity index (χ0n) is 10.4. The van der Waals surface area contributed by atoms with Crippen molar-refractivity contribution in [2.75, 3.05) is 0 Å². The fourth-order valence-electron chi connectivity index (χ4n) is 2.03. The van der Waals surface area contributed by atoms with Crippen molar-refractivity contribution < 1.29 is 0 Å². The van der Waals surface area contributed by atoms with Gasteiger partial charge in [0.25, 0.3) is 0 Å². The molecule has 1 aromatic heterocycles. The number of hydrogen-bond donors (Lipinski definition) is 0. The topological polar surface area (TPSA) is 17.8 Å². The number of allylic oxidation sites excluding steroid dienone is 4. The van der Waals surface area contributed by atoms with Crippen LogP contribution in [-0.4, -0.2) is 14.7 Å². The third-order valence-electron chi connectivity index (χ3n) is 2.71. The van der Waals surface area contributed by atoms with E-state index in [-0.39, 0.29) is 13.1 Å². The quantitative estimate of drug-likeness (QED) is 0.719. The Labute approximate surface area is 98.8 Å². The molecule has 1 aliphatic rings. The first-order valence-electron chi connectivity index (χ1n) is 5.63. The molecule has 16 heavy (non-hydrogen) atoms. The van der Waals surface area contributed by atoms with E-state index in [0.29, 0.717) is 0 Å². The molecule has 0 bridgehead atoms. The van der Waals surface area contributed by atoms with Crippen LogP contribution in [0.1, 0.15) is 27.2 Å². The van der Waals surface area contributed by atoms with Crippen LogP contribution < -0.4 is 5.57 Å². The summed E-state index contributed by atoms with van der Waals surface area (Å²) in [7, 11) is 1.76. The molecular weight excluding hydrogens is 215 g/mol. The molecule has 0 saturated heterocycles. The first kappa shape index (κ1) is 11.6. The highest BCUT2D eigenvalue weighted by atomic mass is 31.1. The molecule has 1 aromatic rings. The Morgan fingerprint density at radius 3 is 2.56 bits per heavy atom. The smallest absolute Gasteiger partial charge is 0.135 e. The summed E-state index contributed by atoms with van der Waals surface area (Å²) in [5, 5.41) is 1.81. The molecule has 0 saturated carbocycles. The van der Waals surface area contributed by atoms with Crippen LogP contribution in [0.4, 0.5) is 0 Å². The van der Waals surface area contributed by atoms with Crippen LogP contribution in [0.15, 0.2) is 35.9 Å². The van der Waals surface area contributed by atoms with E-state index in [9.17, 15) is 0 Å². The van der Waals surface area contributed by atoms with Gasteiger partial charge in [-0.1, -0.05) is 39.0 Å².